The molecule has 1 fully saturated rings. The maximum absolute atomic E-state index is 12.8. The Bertz CT molecular complexity index is 817. The van der Waals surface area contributed by atoms with Gasteiger partial charge in [-0.15, -0.1) is 0 Å². The number of rotatable bonds is 4. The van der Waals surface area contributed by atoms with Gasteiger partial charge in [0.25, 0.3) is 11.8 Å². The fraction of sp³-hybridized carbons (Fsp3) is 0.353. The van der Waals surface area contributed by atoms with Crippen LogP contribution >= 0.6 is 0 Å². The molecule has 2 aliphatic heterocycles. The monoisotopic (exact) mass is 343 g/mol. The summed E-state index contributed by atoms with van der Waals surface area (Å²) in [5, 5.41) is 5.08. The number of fused-ring (bicyclic) bond motifs is 1. The average molecular weight is 343 g/mol. The van der Waals surface area contributed by atoms with Crippen LogP contribution in [0, 0.1) is 0 Å². The van der Waals surface area contributed by atoms with Crippen molar-refractivity contribution in [2.45, 2.75) is 38.8 Å². The number of hydrogen-bond donors (Lipinski definition) is 2. The highest BCUT2D eigenvalue weighted by molar-refractivity contribution is 6.25. The van der Waals surface area contributed by atoms with Crippen molar-refractivity contribution < 1.29 is 24.0 Å². The van der Waals surface area contributed by atoms with Gasteiger partial charge in [-0.3, -0.25) is 34.2 Å². The van der Waals surface area contributed by atoms with Gasteiger partial charge in [0.05, 0.1) is 17.2 Å². The van der Waals surface area contributed by atoms with Gasteiger partial charge >= 0.3 is 0 Å². The van der Waals surface area contributed by atoms with Gasteiger partial charge in [0.15, 0.2) is 5.78 Å². The van der Waals surface area contributed by atoms with Crippen molar-refractivity contribution in [1.29, 1.82) is 0 Å². The molecule has 2 atom stereocenters. The van der Waals surface area contributed by atoms with Crippen molar-refractivity contribution in [3.63, 3.8) is 0 Å². The number of Topliss-reactive ketones (excluding diaryl/α,β-unsaturated/α-hetero) is 1. The number of carbonyl (C=O) groups is 5. The fourth-order valence-electron chi connectivity index (χ4n) is 2.97. The third kappa shape index (κ3) is 2.79. The third-order valence-corrected chi connectivity index (χ3v) is 4.45. The van der Waals surface area contributed by atoms with E-state index in [0.717, 1.165) is 4.90 Å². The van der Waals surface area contributed by atoms with Crippen LogP contribution in [0.5, 0.6) is 0 Å². The number of benzene rings is 1. The van der Waals surface area contributed by atoms with Crippen molar-refractivity contribution in [1.82, 2.24) is 10.2 Å². The number of hydrogen-bond acceptors (Lipinski definition) is 6. The van der Waals surface area contributed by atoms with Crippen molar-refractivity contribution in [2.24, 2.45) is 0 Å². The Hall–Kier alpha value is -3.03. The zero-order chi connectivity index (χ0) is 18.3. The minimum absolute atomic E-state index is 0.0658. The normalized spacial score (nSPS) is 21.0. The van der Waals surface area contributed by atoms with Crippen LogP contribution in [0.15, 0.2) is 18.2 Å². The standard InChI is InChI=1S/C17H17N3O5/c1-8(9(2)21)18-11-5-3-4-10-14(11)17(25)20(16(10)24)12-6-7-13(22)19-15(12)23/h3-5,8,12,18H,6-7H2,1-2H3,(H,19,22,23)/t8-,12?/m1/s1. The van der Waals surface area contributed by atoms with Gasteiger partial charge in [-0.25, -0.2) is 0 Å². The molecule has 4 amide bonds. The molecule has 2 aliphatic rings. The van der Waals surface area contributed by atoms with Gasteiger partial charge in [0.1, 0.15) is 6.04 Å². The fourth-order valence-corrected chi connectivity index (χ4v) is 2.97. The summed E-state index contributed by atoms with van der Waals surface area (Å²) < 4.78 is 0. The van der Waals surface area contributed by atoms with E-state index in [1.165, 1.54) is 13.0 Å². The highest BCUT2D eigenvalue weighted by Gasteiger charge is 2.45. The van der Waals surface area contributed by atoms with E-state index in [0.29, 0.717) is 5.69 Å². The SMILES string of the molecule is CC(=O)[C@@H](C)Nc1cccc2c1C(=O)N(C1CCC(=O)NC1=O)C2=O. The van der Waals surface area contributed by atoms with E-state index >= 15 is 0 Å². The molecule has 8 nitrogen and oxygen atoms in total. The Labute approximate surface area is 143 Å². The molecule has 0 radical (unpaired) electrons. The van der Waals surface area contributed by atoms with Gasteiger partial charge in [-0.05, 0) is 32.4 Å². The topological polar surface area (TPSA) is 113 Å². The number of nitrogens with zero attached hydrogens (tertiary/aromatic N) is 1. The number of ketones is 1. The molecule has 3 rings (SSSR count). The van der Waals surface area contributed by atoms with Crippen LogP contribution in [0.25, 0.3) is 0 Å². The minimum atomic E-state index is -1.01. The maximum Gasteiger partial charge on any atom is 0.264 e. The van der Waals surface area contributed by atoms with Gasteiger partial charge in [-0.1, -0.05) is 6.07 Å². The smallest absolute Gasteiger partial charge is 0.264 e. The Balaban J connectivity index is 1.95. The molecule has 0 spiro atoms. The van der Waals surface area contributed by atoms with Gasteiger partial charge < -0.3 is 5.32 Å². The molecule has 1 aromatic carbocycles. The number of anilines is 1. The molecule has 130 valence electrons. The largest absolute Gasteiger partial charge is 0.375 e. The lowest BCUT2D eigenvalue weighted by molar-refractivity contribution is -0.136. The Morgan fingerprint density at radius 3 is 2.60 bits per heavy atom. The minimum Gasteiger partial charge on any atom is -0.375 e. The van der Waals surface area contributed by atoms with Crippen LogP contribution < -0.4 is 10.6 Å². The highest BCUT2D eigenvalue weighted by Crippen LogP contribution is 2.32. The van der Waals surface area contributed by atoms with Crippen molar-refractivity contribution in [3.8, 4) is 0 Å². The predicted molar refractivity (Wildman–Crippen MR) is 86.9 cm³/mol. The quantitative estimate of drug-likeness (QED) is 0.769. The van der Waals surface area contributed by atoms with Crippen molar-refractivity contribution >= 4 is 35.1 Å². The molecule has 0 aliphatic carbocycles. The first-order chi connectivity index (χ1) is 11.8. The zero-order valence-corrected chi connectivity index (χ0v) is 13.8. The maximum atomic E-state index is 12.8. The van der Waals surface area contributed by atoms with Crippen LogP contribution in [0.3, 0.4) is 0 Å². The molecular formula is C17H17N3O5. The summed E-state index contributed by atoms with van der Waals surface area (Å²) in [6, 6.07) is 3.18. The number of imide groups is 2. The summed E-state index contributed by atoms with van der Waals surface area (Å²) in [7, 11) is 0. The summed E-state index contributed by atoms with van der Waals surface area (Å²) in [4.78, 5) is 61.2. The summed E-state index contributed by atoms with van der Waals surface area (Å²) in [6.07, 6.45) is 0.166. The predicted octanol–water partition coefficient (Wildman–Crippen LogP) is 0.477. The summed E-state index contributed by atoms with van der Waals surface area (Å²) in [5.74, 6) is -2.37. The van der Waals surface area contributed by atoms with E-state index in [4.69, 9.17) is 0 Å². The van der Waals surface area contributed by atoms with Gasteiger partial charge in [0.2, 0.25) is 11.8 Å². The summed E-state index contributed by atoms with van der Waals surface area (Å²) in [5.41, 5.74) is 0.689. The van der Waals surface area contributed by atoms with E-state index in [1.54, 1.807) is 19.1 Å². The molecule has 1 aromatic rings. The highest BCUT2D eigenvalue weighted by atomic mass is 16.2. The molecule has 8 heteroatoms. The Morgan fingerprint density at radius 1 is 1.24 bits per heavy atom. The molecule has 25 heavy (non-hydrogen) atoms. The number of carbonyl (C=O) groups excluding carboxylic acids is 5. The Morgan fingerprint density at radius 2 is 1.96 bits per heavy atom. The second kappa shape index (κ2) is 6.12. The number of amides is 4. The van der Waals surface area contributed by atoms with E-state index in [9.17, 15) is 24.0 Å². The van der Waals surface area contributed by atoms with Crippen LogP contribution in [0.2, 0.25) is 0 Å². The zero-order valence-electron chi connectivity index (χ0n) is 13.8. The molecule has 0 bridgehead atoms. The molecule has 1 unspecified atom stereocenters. The molecule has 2 N–H and O–H groups in total. The molecule has 1 saturated heterocycles. The average Bonchev–Trinajstić information content (AvgIpc) is 2.80. The molecule has 2 heterocycles. The van der Waals surface area contributed by atoms with Crippen LogP contribution in [-0.2, 0) is 14.4 Å². The van der Waals surface area contributed by atoms with E-state index in [1.807, 2.05) is 0 Å². The second-order valence-electron chi connectivity index (χ2n) is 6.15. The molecule has 0 saturated carbocycles. The van der Waals surface area contributed by atoms with Crippen LogP contribution in [-0.4, -0.2) is 46.4 Å². The third-order valence-electron chi connectivity index (χ3n) is 4.45. The van der Waals surface area contributed by atoms with Gasteiger partial charge in [0, 0.05) is 12.1 Å². The number of piperidine rings is 1. The van der Waals surface area contributed by atoms with E-state index in [2.05, 4.69) is 10.6 Å². The molecular weight excluding hydrogens is 326 g/mol. The lowest BCUT2D eigenvalue weighted by atomic mass is 10.0. The van der Waals surface area contributed by atoms with Crippen LogP contribution in [0.1, 0.15) is 47.4 Å². The first kappa shape index (κ1) is 16.8. The van der Waals surface area contributed by atoms with E-state index in [-0.39, 0.29) is 29.8 Å². The summed E-state index contributed by atoms with van der Waals surface area (Å²) in [6.45, 7) is 3.07. The Kier molecular flexibility index (Phi) is 4.12. The molecule has 0 aromatic heterocycles. The lowest BCUT2D eigenvalue weighted by Gasteiger charge is -2.27. The summed E-state index contributed by atoms with van der Waals surface area (Å²) >= 11 is 0. The van der Waals surface area contributed by atoms with Crippen molar-refractivity contribution in [3.05, 3.63) is 29.3 Å². The van der Waals surface area contributed by atoms with Gasteiger partial charge in [-0.2, -0.15) is 0 Å². The lowest BCUT2D eigenvalue weighted by Crippen LogP contribution is -2.54. The van der Waals surface area contributed by atoms with Crippen LogP contribution in [0.4, 0.5) is 5.69 Å². The van der Waals surface area contributed by atoms with E-state index < -0.39 is 35.7 Å². The first-order valence-corrected chi connectivity index (χ1v) is 7.93. The van der Waals surface area contributed by atoms with Crippen molar-refractivity contribution in [2.75, 3.05) is 5.32 Å². The second-order valence-corrected chi connectivity index (χ2v) is 6.15. The number of nitrogens with one attached hydrogen (secondary N) is 2. The first-order valence-electron chi connectivity index (χ1n) is 7.93.